The van der Waals surface area contributed by atoms with Gasteiger partial charge in [0.2, 0.25) is 5.91 Å². The van der Waals surface area contributed by atoms with Gasteiger partial charge in [0.05, 0.1) is 10.7 Å². The van der Waals surface area contributed by atoms with Crippen LogP contribution >= 0.6 is 11.3 Å². The molecule has 0 aromatic carbocycles. The Morgan fingerprint density at radius 2 is 2.50 bits per heavy atom. The van der Waals surface area contributed by atoms with Gasteiger partial charge in [-0.05, 0) is 18.8 Å². The van der Waals surface area contributed by atoms with Gasteiger partial charge in [0.1, 0.15) is 6.10 Å². The number of carbonyl (C=O) groups excluding carboxylic acids is 1. The molecule has 1 aliphatic heterocycles. The average Bonchev–Trinajstić information content (AvgIpc) is 3.00. The molecule has 100 valence electrons. The molecule has 0 bridgehead atoms. The zero-order valence-corrected chi connectivity index (χ0v) is 11.8. The van der Waals surface area contributed by atoms with Crippen LogP contribution in [-0.2, 0) is 16.0 Å². The number of nitrogens with zero attached hydrogens (tertiary/aromatic N) is 1. The van der Waals surface area contributed by atoms with E-state index in [1.165, 1.54) is 0 Å². The number of hydrogen-bond donors (Lipinski definition) is 1. The van der Waals surface area contributed by atoms with E-state index in [0.29, 0.717) is 19.1 Å². The number of rotatable bonds is 5. The van der Waals surface area contributed by atoms with Crippen LogP contribution < -0.4 is 5.32 Å². The highest BCUT2D eigenvalue weighted by Gasteiger charge is 2.22. The standard InChI is InChI=1S/C13H20N2O2S/c1-9(2)10-8-18-12(15-10)5-6-14-13(16)11-4-3-7-17-11/h8-9,11H,3-7H2,1-2H3,(H,14,16). The van der Waals surface area contributed by atoms with Crippen LogP contribution in [0.3, 0.4) is 0 Å². The minimum Gasteiger partial charge on any atom is -0.368 e. The van der Waals surface area contributed by atoms with Crippen LogP contribution in [0.1, 0.15) is 43.3 Å². The van der Waals surface area contributed by atoms with Crippen molar-refractivity contribution >= 4 is 17.2 Å². The molecule has 0 aliphatic carbocycles. The maximum atomic E-state index is 11.7. The number of aromatic nitrogens is 1. The van der Waals surface area contributed by atoms with Crippen molar-refractivity contribution < 1.29 is 9.53 Å². The predicted octanol–water partition coefficient (Wildman–Crippen LogP) is 2.10. The lowest BCUT2D eigenvalue weighted by Crippen LogP contribution is -2.35. The van der Waals surface area contributed by atoms with Crippen LogP contribution in [-0.4, -0.2) is 30.1 Å². The van der Waals surface area contributed by atoms with Crippen LogP contribution in [0.25, 0.3) is 0 Å². The Balaban J connectivity index is 1.72. The molecule has 1 atom stereocenters. The van der Waals surface area contributed by atoms with Crippen molar-refractivity contribution in [3.8, 4) is 0 Å². The van der Waals surface area contributed by atoms with Gasteiger partial charge in [0.15, 0.2) is 0 Å². The average molecular weight is 268 g/mol. The van der Waals surface area contributed by atoms with Gasteiger partial charge in [-0.1, -0.05) is 13.8 Å². The van der Waals surface area contributed by atoms with Crippen molar-refractivity contribution in [3.63, 3.8) is 0 Å². The zero-order valence-electron chi connectivity index (χ0n) is 10.9. The molecule has 1 aromatic rings. The van der Waals surface area contributed by atoms with E-state index in [1.54, 1.807) is 11.3 Å². The molecule has 4 nitrogen and oxygen atoms in total. The van der Waals surface area contributed by atoms with Gasteiger partial charge in [0, 0.05) is 25.0 Å². The van der Waals surface area contributed by atoms with Gasteiger partial charge in [-0.25, -0.2) is 4.98 Å². The minimum absolute atomic E-state index is 0.0214. The molecule has 0 saturated carbocycles. The monoisotopic (exact) mass is 268 g/mol. The summed E-state index contributed by atoms with van der Waals surface area (Å²) in [5.41, 5.74) is 1.14. The molecule has 2 heterocycles. The summed E-state index contributed by atoms with van der Waals surface area (Å²) in [4.78, 5) is 16.2. The topological polar surface area (TPSA) is 51.2 Å². The van der Waals surface area contributed by atoms with Gasteiger partial charge in [0.25, 0.3) is 0 Å². The molecule has 0 spiro atoms. The SMILES string of the molecule is CC(C)c1csc(CCNC(=O)C2CCCO2)n1. The number of carbonyl (C=O) groups is 1. The lowest BCUT2D eigenvalue weighted by molar-refractivity contribution is -0.129. The van der Waals surface area contributed by atoms with E-state index < -0.39 is 0 Å². The van der Waals surface area contributed by atoms with E-state index in [-0.39, 0.29) is 12.0 Å². The van der Waals surface area contributed by atoms with Crippen molar-refractivity contribution in [1.29, 1.82) is 0 Å². The normalized spacial score (nSPS) is 19.4. The molecule has 1 fully saturated rings. The van der Waals surface area contributed by atoms with Gasteiger partial charge >= 0.3 is 0 Å². The second-order valence-electron chi connectivity index (χ2n) is 4.86. The second-order valence-corrected chi connectivity index (χ2v) is 5.81. The van der Waals surface area contributed by atoms with E-state index in [4.69, 9.17) is 4.74 Å². The van der Waals surface area contributed by atoms with Crippen molar-refractivity contribution in [2.24, 2.45) is 0 Å². The number of amides is 1. The third-order valence-electron chi connectivity index (χ3n) is 3.02. The first-order valence-corrected chi connectivity index (χ1v) is 7.38. The van der Waals surface area contributed by atoms with Crippen molar-refractivity contribution in [2.45, 2.75) is 45.1 Å². The Bertz CT molecular complexity index is 397. The van der Waals surface area contributed by atoms with Gasteiger partial charge < -0.3 is 10.1 Å². The number of nitrogens with one attached hydrogen (secondary N) is 1. The number of hydrogen-bond acceptors (Lipinski definition) is 4. The first kappa shape index (κ1) is 13.5. The summed E-state index contributed by atoms with van der Waals surface area (Å²) in [6.07, 6.45) is 2.41. The molecule has 18 heavy (non-hydrogen) atoms. The van der Waals surface area contributed by atoms with E-state index in [2.05, 4.69) is 29.5 Å². The molecule has 1 unspecified atom stereocenters. The first-order chi connectivity index (χ1) is 8.66. The van der Waals surface area contributed by atoms with Crippen molar-refractivity contribution in [3.05, 3.63) is 16.1 Å². The lowest BCUT2D eigenvalue weighted by atomic mass is 10.2. The zero-order chi connectivity index (χ0) is 13.0. The third kappa shape index (κ3) is 3.53. The molecular weight excluding hydrogens is 248 g/mol. The summed E-state index contributed by atoms with van der Waals surface area (Å²) in [5.74, 6) is 0.490. The first-order valence-electron chi connectivity index (χ1n) is 6.50. The van der Waals surface area contributed by atoms with Crippen LogP contribution in [0.4, 0.5) is 0 Å². The molecule has 1 aromatic heterocycles. The van der Waals surface area contributed by atoms with E-state index in [1.807, 2.05) is 0 Å². The van der Waals surface area contributed by atoms with Gasteiger partial charge in [-0.3, -0.25) is 4.79 Å². The van der Waals surface area contributed by atoms with Gasteiger partial charge in [-0.2, -0.15) is 0 Å². The molecule has 1 aliphatic rings. The highest BCUT2D eigenvalue weighted by Crippen LogP contribution is 2.18. The summed E-state index contributed by atoms with van der Waals surface area (Å²) in [5, 5.41) is 6.10. The van der Waals surface area contributed by atoms with E-state index in [0.717, 1.165) is 30.0 Å². The van der Waals surface area contributed by atoms with E-state index >= 15 is 0 Å². The van der Waals surface area contributed by atoms with Crippen LogP contribution in [0.2, 0.25) is 0 Å². The van der Waals surface area contributed by atoms with Crippen molar-refractivity contribution in [1.82, 2.24) is 10.3 Å². The summed E-state index contributed by atoms with van der Waals surface area (Å²) in [6, 6.07) is 0. The fourth-order valence-electron chi connectivity index (χ4n) is 1.90. The minimum atomic E-state index is -0.229. The number of thiazole rings is 1. The summed E-state index contributed by atoms with van der Waals surface area (Å²) >= 11 is 1.67. The van der Waals surface area contributed by atoms with Gasteiger partial charge in [-0.15, -0.1) is 11.3 Å². The maximum absolute atomic E-state index is 11.7. The largest absolute Gasteiger partial charge is 0.368 e. The fraction of sp³-hybridized carbons (Fsp3) is 0.692. The number of ether oxygens (including phenoxy) is 1. The Morgan fingerprint density at radius 3 is 3.11 bits per heavy atom. The molecule has 1 saturated heterocycles. The highest BCUT2D eigenvalue weighted by molar-refractivity contribution is 7.09. The smallest absolute Gasteiger partial charge is 0.249 e. The molecule has 2 rings (SSSR count). The summed E-state index contributed by atoms with van der Waals surface area (Å²) in [7, 11) is 0. The molecule has 1 N–H and O–H groups in total. The summed E-state index contributed by atoms with van der Waals surface area (Å²) in [6.45, 7) is 5.63. The van der Waals surface area contributed by atoms with Crippen molar-refractivity contribution in [2.75, 3.05) is 13.2 Å². The second kappa shape index (κ2) is 6.29. The third-order valence-corrected chi connectivity index (χ3v) is 3.95. The maximum Gasteiger partial charge on any atom is 0.249 e. The Hall–Kier alpha value is -0.940. The Kier molecular flexibility index (Phi) is 4.72. The fourth-order valence-corrected chi connectivity index (χ4v) is 2.86. The van der Waals surface area contributed by atoms with E-state index in [9.17, 15) is 4.79 Å². The Morgan fingerprint density at radius 1 is 1.67 bits per heavy atom. The molecule has 1 amide bonds. The predicted molar refractivity (Wildman–Crippen MR) is 71.9 cm³/mol. The highest BCUT2D eigenvalue weighted by atomic mass is 32.1. The summed E-state index contributed by atoms with van der Waals surface area (Å²) < 4.78 is 5.33. The molecular formula is C13H20N2O2S. The molecule has 0 radical (unpaired) electrons. The Labute approximate surface area is 112 Å². The molecule has 5 heteroatoms. The van der Waals surface area contributed by atoms with Crippen LogP contribution in [0, 0.1) is 0 Å². The lowest BCUT2D eigenvalue weighted by Gasteiger charge is -2.09. The quantitative estimate of drug-likeness (QED) is 0.889. The van der Waals surface area contributed by atoms with Crippen LogP contribution in [0.15, 0.2) is 5.38 Å². The van der Waals surface area contributed by atoms with Crippen LogP contribution in [0.5, 0.6) is 0 Å².